The van der Waals surface area contributed by atoms with Gasteiger partial charge in [-0.1, -0.05) is 6.07 Å². The molecule has 1 aliphatic heterocycles. The molecule has 0 radical (unpaired) electrons. The van der Waals surface area contributed by atoms with E-state index in [-0.39, 0.29) is 11.9 Å². The predicted octanol–water partition coefficient (Wildman–Crippen LogP) is 3.17. The summed E-state index contributed by atoms with van der Waals surface area (Å²) in [5, 5.41) is 12.0. The molecule has 0 aliphatic carbocycles. The zero-order valence-electron chi connectivity index (χ0n) is 14.6. The van der Waals surface area contributed by atoms with Crippen molar-refractivity contribution in [3.8, 4) is 10.6 Å². The highest BCUT2D eigenvalue weighted by Gasteiger charge is 2.25. The first-order valence-electron chi connectivity index (χ1n) is 8.71. The molecule has 8 heteroatoms. The Kier molecular flexibility index (Phi) is 5.14. The summed E-state index contributed by atoms with van der Waals surface area (Å²) in [7, 11) is 1.87. The molecule has 4 rings (SSSR count). The number of thiazole rings is 1. The molecule has 1 fully saturated rings. The smallest absolute Gasteiger partial charge is 0.270 e. The van der Waals surface area contributed by atoms with Crippen LogP contribution < -0.4 is 5.32 Å². The summed E-state index contributed by atoms with van der Waals surface area (Å²) in [4.78, 5) is 20.8. The highest BCUT2D eigenvalue weighted by molar-refractivity contribution is 7.13. The Morgan fingerprint density at radius 2 is 2.19 bits per heavy atom. The number of nitrogens with one attached hydrogen (secondary N) is 1. The van der Waals surface area contributed by atoms with Crippen LogP contribution in [0.25, 0.3) is 10.6 Å². The van der Waals surface area contributed by atoms with Gasteiger partial charge in [-0.05, 0) is 37.4 Å². The first-order valence-corrected chi connectivity index (χ1v) is 10.5. The molecule has 3 aromatic rings. The molecule has 1 N–H and O–H groups in total. The molecule has 4 heterocycles. The van der Waals surface area contributed by atoms with Gasteiger partial charge in [0.05, 0.1) is 12.2 Å². The van der Waals surface area contributed by atoms with Crippen molar-refractivity contribution in [1.29, 1.82) is 0 Å². The van der Waals surface area contributed by atoms with E-state index < -0.39 is 0 Å². The van der Waals surface area contributed by atoms with E-state index in [0.717, 1.165) is 23.7 Å². The first kappa shape index (κ1) is 17.4. The Balaban J connectivity index is 1.43. The summed E-state index contributed by atoms with van der Waals surface area (Å²) in [6, 6.07) is 4.48. The molecule has 1 amide bonds. The number of rotatable bonds is 6. The fourth-order valence-corrected chi connectivity index (χ4v) is 4.90. The normalized spacial score (nSPS) is 16.0. The maximum Gasteiger partial charge on any atom is 0.270 e. The summed E-state index contributed by atoms with van der Waals surface area (Å²) < 4.78 is 1.73. The lowest BCUT2D eigenvalue weighted by atomic mass is 10.2. The van der Waals surface area contributed by atoms with Crippen molar-refractivity contribution in [2.75, 3.05) is 19.6 Å². The molecule has 26 heavy (non-hydrogen) atoms. The van der Waals surface area contributed by atoms with Gasteiger partial charge in [-0.2, -0.15) is 5.10 Å². The maximum absolute atomic E-state index is 12.6. The minimum atomic E-state index is -0.114. The van der Waals surface area contributed by atoms with Gasteiger partial charge in [0.2, 0.25) is 0 Å². The van der Waals surface area contributed by atoms with E-state index in [1.807, 2.05) is 18.6 Å². The van der Waals surface area contributed by atoms with E-state index in [4.69, 9.17) is 0 Å². The second-order valence-electron chi connectivity index (χ2n) is 6.42. The van der Waals surface area contributed by atoms with Crippen LogP contribution in [0.5, 0.6) is 0 Å². The molecule has 1 unspecified atom stereocenters. The fraction of sp³-hybridized carbons (Fsp3) is 0.389. The van der Waals surface area contributed by atoms with Crippen molar-refractivity contribution in [3.63, 3.8) is 0 Å². The Bertz CT molecular complexity index is 864. The lowest BCUT2D eigenvalue weighted by molar-refractivity contribution is 0.0934. The second kappa shape index (κ2) is 7.69. The molecular weight excluding hydrogens is 366 g/mol. The van der Waals surface area contributed by atoms with E-state index in [2.05, 4.69) is 37.8 Å². The number of aryl methyl sites for hydroxylation is 1. The lowest BCUT2D eigenvalue weighted by Gasteiger charge is -2.26. The van der Waals surface area contributed by atoms with Gasteiger partial charge in [0, 0.05) is 35.6 Å². The number of amides is 1. The fourth-order valence-electron chi connectivity index (χ4n) is 3.27. The molecule has 1 aliphatic rings. The third-order valence-electron chi connectivity index (χ3n) is 4.60. The Hall–Kier alpha value is -2.03. The van der Waals surface area contributed by atoms with Crippen molar-refractivity contribution < 1.29 is 4.79 Å². The Morgan fingerprint density at radius 1 is 1.35 bits per heavy atom. The van der Waals surface area contributed by atoms with Gasteiger partial charge >= 0.3 is 0 Å². The van der Waals surface area contributed by atoms with Crippen molar-refractivity contribution in [2.45, 2.75) is 18.9 Å². The van der Waals surface area contributed by atoms with E-state index in [1.54, 1.807) is 22.2 Å². The molecule has 0 spiro atoms. The van der Waals surface area contributed by atoms with Crippen molar-refractivity contribution in [2.24, 2.45) is 7.05 Å². The second-order valence-corrected chi connectivity index (χ2v) is 8.26. The van der Waals surface area contributed by atoms with E-state index in [1.165, 1.54) is 29.1 Å². The van der Waals surface area contributed by atoms with Crippen LogP contribution in [0.1, 0.15) is 34.2 Å². The highest BCUT2D eigenvalue weighted by Crippen LogP contribution is 2.28. The number of likely N-dealkylation sites (tertiary alicyclic amines) is 1. The minimum Gasteiger partial charge on any atom is -0.349 e. The molecule has 0 aromatic carbocycles. The molecule has 6 nitrogen and oxygen atoms in total. The van der Waals surface area contributed by atoms with Gasteiger partial charge in [0.1, 0.15) is 10.7 Å². The zero-order chi connectivity index (χ0) is 17.9. The molecule has 1 saturated heterocycles. The molecule has 0 bridgehead atoms. The van der Waals surface area contributed by atoms with Gasteiger partial charge in [0.25, 0.3) is 5.91 Å². The SMILES string of the molecule is Cn1cc(-c2nc(C(=O)NCC(c3cccs3)N3CCCC3)cs2)cn1. The van der Waals surface area contributed by atoms with Crippen molar-refractivity contribution >= 4 is 28.6 Å². The van der Waals surface area contributed by atoms with E-state index in [9.17, 15) is 4.79 Å². The topological polar surface area (TPSA) is 63.1 Å². The Labute approximate surface area is 160 Å². The molecule has 3 aromatic heterocycles. The van der Waals surface area contributed by atoms with Crippen LogP contribution in [-0.4, -0.2) is 45.2 Å². The number of thiophene rings is 1. The van der Waals surface area contributed by atoms with Crippen LogP contribution in [-0.2, 0) is 7.05 Å². The first-order chi connectivity index (χ1) is 12.7. The van der Waals surface area contributed by atoms with Gasteiger partial charge in [0.15, 0.2) is 0 Å². The minimum absolute atomic E-state index is 0.114. The average Bonchev–Trinajstić information content (AvgIpc) is 3.42. The summed E-state index contributed by atoms with van der Waals surface area (Å²) in [6.07, 6.45) is 6.13. The summed E-state index contributed by atoms with van der Waals surface area (Å²) in [6.45, 7) is 2.81. The van der Waals surface area contributed by atoms with Crippen molar-refractivity contribution in [3.05, 3.63) is 45.9 Å². The average molecular weight is 388 g/mol. The van der Waals surface area contributed by atoms with Gasteiger partial charge in [-0.15, -0.1) is 22.7 Å². The maximum atomic E-state index is 12.6. The van der Waals surface area contributed by atoms with Crippen molar-refractivity contribution in [1.82, 2.24) is 25.0 Å². The summed E-state index contributed by atoms with van der Waals surface area (Å²) in [5.41, 5.74) is 1.41. The zero-order valence-corrected chi connectivity index (χ0v) is 16.2. The predicted molar refractivity (Wildman–Crippen MR) is 105 cm³/mol. The number of hydrogen-bond acceptors (Lipinski definition) is 6. The third-order valence-corrected chi connectivity index (χ3v) is 6.46. The molecular formula is C18H21N5OS2. The van der Waals surface area contributed by atoms with Crippen LogP contribution in [0.15, 0.2) is 35.3 Å². The number of hydrogen-bond donors (Lipinski definition) is 1. The molecule has 136 valence electrons. The van der Waals surface area contributed by atoms with Gasteiger partial charge in [-0.25, -0.2) is 4.98 Å². The number of carbonyl (C=O) groups is 1. The molecule has 1 atom stereocenters. The number of aromatic nitrogens is 3. The van der Waals surface area contributed by atoms with E-state index >= 15 is 0 Å². The van der Waals surface area contributed by atoms with Crippen LogP contribution in [0.2, 0.25) is 0 Å². The van der Waals surface area contributed by atoms with E-state index in [0.29, 0.717) is 12.2 Å². The third kappa shape index (κ3) is 3.72. The lowest BCUT2D eigenvalue weighted by Crippen LogP contribution is -2.36. The largest absolute Gasteiger partial charge is 0.349 e. The number of nitrogens with zero attached hydrogens (tertiary/aromatic N) is 4. The van der Waals surface area contributed by atoms with Crippen LogP contribution in [0.4, 0.5) is 0 Å². The van der Waals surface area contributed by atoms with Crippen LogP contribution in [0, 0.1) is 0 Å². The Morgan fingerprint density at radius 3 is 2.88 bits per heavy atom. The summed E-state index contributed by atoms with van der Waals surface area (Å²) >= 11 is 3.22. The molecule has 0 saturated carbocycles. The standard InChI is InChI=1S/C18H21N5OS2/c1-22-11-13(9-20-22)18-21-14(12-26-18)17(24)19-10-15(16-5-4-8-25-16)23-6-2-3-7-23/h4-5,8-9,11-12,15H,2-3,6-7,10H2,1H3,(H,19,24). The highest BCUT2D eigenvalue weighted by atomic mass is 32.1. The quantitative estimate of drug-likeness (QED) is 0.706. The van der Waals surface area contributed by atoms with Crippen LogP contribution >= 0.6 is 22.7 Å². The summed E-state index contributed by atoms with van der Waals surface area (Å²) in [5.74, 6) is -0.114. The monoisotopic (exact) mass is 387 g/mol. The number of carbonyl (C=O) groups excluding carboxylic acids is 1. The van der Waals surface area contributed by atoms with Gasteiger partial charge < -0.3 is 5.32 Å². The van der Waals surface area contributed by atoms with Crippen LogP contribution in [0.3, 0.4) is 0 Å². The van der Waals surface area contributed by atoms with Gasteiger partial charge in [-0.3, -0.25) is 14.4 Å².